The molecular weight excluding hydrogens is 266 g/mol. The van der Waals surface area contributed by atoms with Gasteiger partial charge in [-0.3, -0.25) is 4.90 Å². The number of thioether (sulfide) groups is 1. The Kier molecular flexibility index (Phi) is 4.41. The molecule has 0 unspecified atom stereocenters. The van der Waals surface area contributed by atoms with Crippen molar-refractivity contribution in [2.24, 2.45) is 0 Å². The monoisotopic (exact) mass is 285 g/mol. The first kappa shape index (κ1) is 14.0. The highest BCUT2D eigenvalue weighted by molar-refractivity contribution is 8.00. The maximum Gasteiger partial charge on any atom is 0.126 e. The first-order chi connectivity index (χ1) is 8.50. The summed E-state index contributed by atoms with van der Waals surface area (Å²) in [6.07, 6.45) is 0. The SMILES string of the molecule is CNc1ccc(Cl)c(CN2CCSC(C)(C)C2)n1. The van der Waals surface area contributed by atoms with Gasteiger partial charge in [-0.1, -0.05) is 11.6 Å². The minimum Gasteiger partial charge on any atom is -0.373 e. The third-order valence-corrected chi connectivity index (χ3v) is 4.69. The van der Waals surface area contributed by atoms with E-state index in [4.69, 9.17) is 11.6 Å². The number of nitrogens with one attached hydrogen (secondary N) is 1. The third-order valence-electron chi connectivity index (χ3n) is 3.05. The highest BCUT2D eigenvalue weighted by atomic mass is 35.5. The van der Waals surface area contributed by atoms with E-state index in [1.54, 1.807) is 0 Å². The van der Waals surface area contributed by atoms with Gasteiger partial charge in [-0.15, -0.1) is 0 Å². The summed E-state index contributed by atoms with van der Waals surface area (Å²) in [5, 5.41) is 3.81. The van der Waals surface area contributed by atoms with Crippen LogP contribution in [0.5, 0.6) is 0 Å². The fourth-order valence-electron chi connectivity index (χ4n) is 2.20. The molecule has 1 aromatic rings. The summed E-state index contributed by atoms with van der Waals surface area (Å²) in [6, 6.07) is 3.82. The first-order valence-corrected chi connectivity index (χ1v) is 7.56. The molecule has 2 heterocycles. The Bertz CT molecular complexity index is 423. The van der Waals surface area contributed by atoms with Crippen LogP contribution in [-0.2, 0) is 6.54 Å². The van der Waals surface area contributed by atoms with E-state index in [0.29, 0.717) is 4.75 Å². The van der Waals surface area contributed by atoms with Crippen LogP contribution in [0.4, 0.5) is 5.82 Å². The van der Waals surface area contributed by atoms with Crippen LogP contribution in [0.1, 0.15) is 19.5 Å². The molecule has 5 heteroatoms. The highest BCUT2D eigenvalue weighted by Gasteiger charge is 2.27. The number of hydrogen-bond acceptors (Lipinski definition) is 4. The Hall–Kier alpha value is -0.450. The lowest BCUT2D eigenvalue weighted by atomic mass is 10.2. The molecule has 0 amide bonds. The summed E-state index contributed by atoms with van der Waals surface area (Å²) in [6.45, 7) is 7.61. The molecule has 0 radical (unpaired) electrons. The van der Waals surface area contributed by atoms with Gasteiger partial charge in [0.2, 0.25) is 0 Å². The van der Waals surface area contributed by atoms with Gasteiger partial charge in [-0.25, -0.2) is 4.98 Å². The van der Waals surface area contributed by atoms with Crippen molar-refractivity contribution in [1.82, 2.24) is 9.88 Å². The minimum absolute atomic E-state index is 0.325. The molecule has 2 rings (SSSR count). The van der Waals surface area contributed by atoms with Crippen molar-refractivity contribution >= 4 is 29.2 Å². The maximum atomic E-state index is 6.22. The lowest BCUT2D eigenvalue weighted by Crippen LogP contribution is -2.42. The fourth-order valence-corrected chi connectivity index (χ4v) is 3.54. The quantitative estimate of drug-likeness (QED) is 0.924. The van der Waals surface area contributed by atoms with Crippen LogP contribution in [-0.4, -0.2) is 40.5 Å². The van der Waals surface area contributed by atoms with Crippen LogP contribution >= 0.6 is 23.4 Å². The molecule has 1 saturated heterocycles. The molecule has 1 aliphatic rings. The van der Waals surface area contributed by atoms with E-state index >= 15 is 0 Å². The van der Waals surface area contributed by atoms with Crippen molar-refractivity contribution < 1.29 is 0 Å². The number of rotatable bonds is 3. The Morgan fingerprint density at radius 2 is 2.28 bits per heavy atom. The smallest absolute Gasteiger partial charge is 0.126 e. The predicted octanol–water partition coefficient (Wildman–Crippen LogP) is 3.10. The normalized spacial score (nSPS) is 19.8. The molecular formula is C13H20ClN3S. The van der Waals surface area contributed by atoms with E-state index in [-0.39, 0.29) is 0 Å². The van der Waals surface area contributed by atoms with Gasteiger partial charge >= 0.3 is 0 Å². The standard InChI is InChI=1S/C13H20ClN3S/c1-13(2)9-17(6-7-18-13)8-11-10(14)4-5-12(15-3)16-11/h4-5H,6-9H2,1-3H3,(H,15,16). The van der Waals surface area contributed by atoms with Gasteiger partial charge in [0.1, 0.15) is 5.82 Å². The van der Waals surface area contributed by atoms with Crippen molar-refractivity contribution in [1.29, 1.82) is 0 Å². The molecule has 1 aromatic heterocycles. The van der Waals surface area contributed by atoms with Crippen LogP contribution in [0, 0.1) is 0 Å². The van der Waals surface area contributed by atoms with E-state index in [1.165, 1.54) is 5.75 Å². The fraction of sp³-hybridized carbons (Fsp3) is 0.615. The van der Waals surface area contributed by atoms with Crippen molar-refractivity contribution in [2.45, 2.75) is 25.1 Å². The Morgan fingerprint density at radius 3 is 2.94 bits per heavy atom. The molecule has 1 aliphatic heterocycles. The third kappa shape index (κ3) is 3.53. The maximum absolute atomic E-state index is 6.22. The van der Waals surface area contributed by atoms with Crippen LogP contribution < -0.4 is 5.32 Å². The second-order valence-corrected chi connectivity index (χ2v) is 7.40. The summed E-state index contributed by atoms with van der Waals surface area (Å²) in [7, 11) is 1.88. The van der Waals surface area contributed by atoms with Gasteiger partial charge in [0.15, 0.2) is 0 Å². The molecule has 0 bridgehead atoms. The molecule has 0 aromatic carbocycles. The van der Waals surface area contributed by atoms with Gasteiger partial charge in [-0.2, -0.15) is 11.8 Å². The average molecular weight is 286 g/mol. The van der Waals surface area contributed by atoms with E-state index in [2.05, 4.69) is 29.0 Å². The summed E-state index contributed by atoms with van der Waals surface area (Å²) in [5.74, 6) is 2.05. The predicted molar refractivity (Wildman–Crippen MR) is 80.6 cm³/mol. The Morgan fingerprint density at radius 1 is 1.50 bits per heavy atom. The van der Waals surface area contributed by atoms with Gasteiger partial charge in [-0.05, 0) is 26.0 Å². The molecule has 0 atom stereocenters. The largest absolute Gasteiger partial charge is 0.373 e. The summed E-state index contributed by atoms with van der Waals surface area (Å²) < 4.78 is 0.325. The number of halogens is 1. The van der Waals surface area contributed by atoms with Crippen LogP contribution in [0.3, 0.4) is 0 Å². The number of pyridine rings is 1. The van der Waals surface area contributed by atoms with Crippen molar-refractivity contribution in [2.75, 3.05) is 31.2 Å². The summed E-state index contributed by atoms with van der Waals surface area (Å²) in [4.78, 5) is 6.98. The summed E-state index contributed by atoms with van der Waals surface area (Å²) >= 11 is 8.26. The van der Waals surface area contributed by atoms with E-state index < -0.39 is 0 Å². The molecule has 0 aliphatic carbocycles. The van der Waals surface area contributed by atoms with Crippen molar-refractivity contribution in [3.8, 4) is 0 Å². The topological polar surface area (TPSA) is 28.2 Å². The average Bonchev–Trinajstić information content (AvgIpc) is 2.31. The molecule has 1 N–H and O–H groups in total. The molecule has 1 fully saturated rings. The first-order valence-electron chi connectivity index (χ1n) is 6.20. The van der Waals surface area contributed by atoms with Gasteiger partial charge in [0.25, 0.3) is 0 Å². The van der Waals surface area contributed by atoms with Crippen LogP contribution in [0.25, 0.3) is 0 Å². The lowest BCUT2D eigenvalue weighted by Gasteiger charge is -2.37. The zero-order valence-electron chi connectivity index (χ0n) is 11.2. The number of aromatic nitrogens is 1. The molecule has 0 saturated carbocycles. The zero-order chi connectivity index (χ0) is 13.2. The molecule has 3 nitrogen and oxygen atoms in total. The Balaban J connectivity index is 2.09. The number of anilines is 1. The second-order valence-electron chi connectivity index (χ2n) is 5.19. The van der Waals surface area contributed by atoms with Gasteiger partial charge in [0, 0.05) is 37.2 Å². The van der Waals surface area contributed by atoms with Gasteiger partial charge in [0.05, 0.1) is 10.7 Å². The summed E-state index contributed by atoms with van der Waals surface area (Å²) in [5.41, 5.74) is 0.964. The Labute approximate surface area is 118 Å². The van der Waals surface area contributed by atoms with Crippen molar-refractivity contribution in [3.05, 3.63) is 22.8 Å². The van der Waals surface area contributed by atoms with Gasteiger partial charge < -0.3 is 5.32 Å². The molecule has 100 valence electrons. The number of nitrogens with zero attached hydrogens (tertiary/aromatic N) is 2. The zero-order valence-corrected chi connectivity index (χ0v) is 12.7. The van der Waals surface area contributed by atoms with E-state index in [1.807, 2.05) is 30.9 Å². The van der Waals surface area contributed by atoms with E-state index in [9.17, 15) is 0 Å². The van der Waals surface area contributed by atoms with Crippen molar-refractivity contribution in [3.63, 3.8) is 0 Å². The lowest BCUT2D eigenvalue weighted by molar-refractivity contribution is 0.250. The minimum atomic E-state index is 0.325. The second kappa shape index (κ2) is 5.68. The van der Waals surface area contributed by atoms with Crippen LogP contribution in [0.2, 0.25) is 5.02 Å². The molecule has 18 heavy (non-hydrogen) atoms. The van der Waals surface area contributed by atoms with Crippen LogP contribution in [0.15, 0.2) is 12.1 Å². The van der Waals surface area contributed by atoms with E-state index in [0.717, 1.165) is 36.2 Å². The molecule has 0 spiro atoms. The highest BCUT2D eigenvalue weighted by Crippen LogP contribution is 2.30. The number of hydrogen-bond donors (Lipinski definition) is 1.